The number of hydrogen-bond acceptors (Lipinski definition) is 3. The van der Waals surface area contributed by atoms with Crippen LogP contribution in [0.25, 0.3) is 0 Å². The van der Waals surface area contributed by atoms with Crippen molar-refractivity contribution in [2.45, 2.75) is 57.2 Å². The summed E-state index contributed by atoms with van der Waals surface area (Å²) in [5, 5.41) is 5.51. The smallest absolute Gasteiger partial charge is 0.353 e. The van der Waals surface area contributed by atoms with Crippen LogP contribution in [0, 0.1) is 5.92 Å². The quantitative estimate of drug-likeness (QED) is 0.775. The maximum absolute atomic E-state index is 13.1. The van der Waals surface area contributed by atoms with Crippen LogP contribution >= 0.6 is 0 Å². The fourth-order valence-corrected chi connectivity index (χ4v) is 4.21. The zero-order valence-corrected chi connectivity index (χ0v) is 16.4. The lowest BCUT2D eigenvalue weighted by molar-refractivity contribution is -0.137. The number of likely N-dealkylation sites (tertiary alicyclic amines) is 1. The Morgan fingerprint density at radius 1 is 1.03 bits per heavy atom. The summed E-state index contributed by atoms with van der Waals surface area (Å²) in [6.07, 6.45) is 2.56. The summed E-state index contributed by atoms with van der Waals surface area (Å²) in [5.74, 6) is -0.652. The molecule has 0 aromatic heterocycles. The van der Waals surface area contributed by atoms with Crippen molar-refractivity contribution in [3.8, 4) is 0 Å². The van der Waals surface area contributed by atoms with Gasteiger partial charge in [0.1, 0.15) is 0 Å². The maximum Gasteiger partial charge on any atom is 0.418 e. The van der Waals surface area contributed by atoms with E-state index < -0.39 is 17.6 Å². The van der Waals surface area contributed by atoms with Crippen molar-refractivity contribution in [1.82, 2.24) is 10.2 Å². The predicted molar refractivity (Wildman–Crippen MR) is 104 cm³/mol. The van der Waals surface area contributed by atoms with Crippen LogP contribution in [0.4, 0.5) is 18.9 Å². The summed E-state index contributed by atoms with van der Waals surface area (Å²) in [4.78, 5) is 26.8. The highest BCUT2D eigenvalue weighted by Crippen LogP contribution is 2.34. The van der Waals surface area contributed by atoms with Crippen molar-refractivity contribution in [2.75, 3.05) is 25.0 Å². The van der Waals surface area contributed by atoms with Gasteiger partial charge in [-0.2, -0.15) is 13.2 Å². The molecule has 5 nitrogen and oxygen atoms in total. The predicted octanol–water partition coefficient (Wildman–Crippen LogP) is 3.80. The zero-order valence-electron chi connectivity index (χ0n) is 16.4. The Labute approximate surface area is 169 Å². The third-order valence-electron chi connectivity index (χ3n) is 5.70. The fraction of sp³-hybridized carbons (Fsp3) is 0.619. The van der Waals surface area contributed by atoms with Gasteiger partial charge in [0, 0.05) is 12.6 Å². The average Bonchev–Trinajstić information content (AvgIpc) is 2.68. The van der Waals surface area contributed by atoms with Crippen LogP contribution in [0.3, 0.4) is 0 Å². The van der Waals surface area contributed by atoms with Gasteiger partial charge in [-0.3, -0.25) is 14.5 Å². The number of nitrogens with zero attached hydrogens (tertiary/aromatic N) is 1. The summed E-state index contributed by atoms with van der Waals surface area (Å²) in [6, 6.07) is 5.18. The van der Waals surface area contributed by atoms with Gasteiger partial charge in [0.15, 0.2) is 0 Å². The van der Waals surface area contributed by atoms with Gasteiger partial charge in [0.25, 0.3) is 0 Å². The molecule has 2 aliphatic rings. The van der Waals surface area contributed by atoms with Crippen molar-refractivity contribution in [2.24, 2.45) is 5.92 Å². The number of nitrogens with one attached hydrogen (secondary N) is 2. The molecular formula is C21H28F3N3O2. The Balaban J connectivity index is 1.52. The summed E-state index contributed by atoms with van der Waals surface area (Å²) in [7, 11) is 0. The maximum atomic E-state index is 13.1. The van der Waals surface area contributed by atoms with Crippen LogP contribution in [0.2, 0.25) is 0 Å². The van der Waals surface area contributed by atoms with Gasteiger partial charge in [-0.25, -0.2) is 0 Å². The normalized spacial score (nSPS) is 21.6. The molecule has 8 heteroatoms. The number of benzene rings is 1. The summed E-state index contributed by atoms with van der Waals surface area (Å²) < 4.78 is 39.3. The molecule has 1 saturated heterocycles. The molecule has 0 radical (unpaired) electrons. The minimum atomic E-state index is -4.53. The number of anilines is 1. The third-order valence-corrected chi connectivity index (χ3v) is 5.70. The number of hydrogen-bond donors (Lipinski definition) is 2. The van der Waals surface area contributed by atoms with E-state index in [2.05, 4.69) is 10.6 Å². The summed E-state index contributed by atoms with van der Waals surface area (Å²) in [5.41, 5.74) is -1.11. The first-order valence-electron chi connectivity index (χ1n) is 10.3. The second-order valence-electron chi connectivity index (χ2n) is 8.01. The number of halogens is 3. The Hall–Kier alpha value is -2.09. The average molecular weight is 411 g/mol. The molecule has 29 heavy (non-hydrogen) atoms. The lowest BCUT2D eigenvalue weighted by atomic mass is 9.93. The first kappa shape index (κ1) is 21.6. The first-order valence-corrected chi connectivity index (χ1v) is 10.3. The molecule has 3 rings (SSSR count). The van der Waals surface area contributed by atoms with Gasteiger partial charge in [0.05, 0.1) is 23.7 Å². The number of amides is 2. The highest BCUT2D eigenvalue weighted by atomic mass is 19.4. The van der Waals surface area contributed by atoms with E-state index in [4.69, 9.17) is 0 Å². The van der Waals surface area contributed by atoms with Gasteiger partial charge in [0.2, 0.25) is 11.8 Å². The van der Waals surface area contributed by atoms with E-state index in [1.165, 1.54) is 24.6 Å². The van der Waals surface area contributed by atoms with Crippen LogP contribution < -0.4 is 10.6 Å². The first-order chi connectivity index (χ1) is 13.8. The lowest BCUT2D eigenvalue weighted by Gasteiger charge is -2.33. The second kappa shape index (κ2) is 9.61. The molecule has 0 spiro atoms. The van der Waals surface area contributed by atoms with Gasteiger partial charge in [-0.15, -0.1) is 0 Å². The van der Waals surface area contributed by atoms with Crippen molar-refractivity contribution in [1.29, 1.82) is 0 Å². The number of carbonyl (C=O) groups excluding carboxylic acids is 2. The van der Waals surface area contributed by atoms with Crippen LogP contribution in [-0.2, 0) is 15.8 Å². The third kappa shape index (κ3) is 6.19. The van der Waals surface area contributed by atoms with Gasteiger partial charge >= 0.3 is 6.18 Å². The molecule has 1 heterocycles. The van der Waals surface area contributed by atoms with Gasteiger partial charge in [-0.1, -0.05) is 31.4 Å². The highest BCUT2D eigenvalue weighted by Gasteiger charge is 2.34. The molecule has 160 valence electrons. The molecule has 0 bridgehead atoms. The zero-order chi connectivity index (χ0) is 20.9. The van der Waals surface area contributed by atoms with E-state index in [1.54, 1.807) is 0 Å². The molecule has 1 aromatic rings. The van der Waals surface area contributed by atoms with Crippen LogP contribution in [-0.4, -0.2) is 42.4 Å². The Kier molecular flexibility index (Phi) is 7.16. The molecule has 2 amide bonds. The number of rotatable bonds is 5. The monoisotopic (exact) mass is 411 g/mol. The number of piperidine rings is 1. The minimum Gasteiger partial charge on any atom is -0.353 e. The van der Waals surface area contributed by atoms with Crippen LogP contribution in [0.5, 0.6) is 0 Å². The molecule has 1 saturated carbocycles. The molecule has 1 atom stereocenters. The van der Waals surface area contributed by atoms with E-state index in [9.17, 15) is 22.8 Å². The van der Waals surface area contributed by atoms with Crippen LogP contribution in [0.1, 0.15) is 50.5 Å². The number of carbonyl (C=O) groups is 2. The second-order valence-corrected chi connectivity index (χ2v) is 8.01. The summed E-state index contributed by atoms with van der Waals surface area (Å²) in [6.45, 7) is 1.08. The van der Waals surface area contributed by atoms with E-state index in [0.29, 0.717) is 13.1 Å². The van der Waals surface area contributed by atoms with E-state index in [1.807, 2.05) is 4.90 Å². The highest BCUT2D eigenvalue weighted by molar-refractivity contribution is 5.93. The van der Waals surface area contributed by atoms with Gasteiger partial charge < -0.3 is 10.6 Å². The number of para-hydroxylation sites is 1. The largest absolute Gasteiger partial charge is 0.418 e. The van der Waals surface area contributed by atoms with Crippen molar-refractivity contribution in [3.63, 3.8) is 0 Å². The topological polar surface area (TPSA) is 61.4 Å². The molecule has 2 N–H and O–H groups in total. The number of alkyl halides is 3. The Bertz CT molecular complexity index is 717. The van der Waals surface area contributed by atoms with Crippen molar-refractivity contribution in [3.05, 3.63) is 29.8 Å². The Morgan fingerprint density at radius 3 is 2.48 bits per heavy atom. The van der Waals surface area contributed by atoms with Gasteiger partial charge in [-0.05, 0) is 44.4 Å². The lowest BCUT2D eigenvalue weighted by Crippen LogP contribution is -2.47. The van der Waals surface area contributed by atoms with Crippen molar-refractivity contribution >= 4 is 17.5 Å². The standard InChI is InChI=1S/C21H28F3N3O2/c22-21(23,24)17-10-4-5-11-18(17)26-19(28)14-27-12-6-7-15(13-27)20(29)25-16-8-2-1-3-9-16/h4-5,10-11,15-16H,1-3,6-9,12-14H2,(H,25,29)(H,26,28). The Morgan fingerprint density at radius 2 is 1.76 bits per heavy atom. The molecular weight excluding hydrogens is 383 g/mol. The SMILES string of the molecule is O=C(CN1CCCC(C(=O)NC2CCCCC2)C1)Nc1ccccc1C(F)(F)F. The summed E-state index contributed by atoms with van der Waals surface area (Å²) >= 11 is 0. The van der Waals surface area contributed by atoms with E-state index in [0.717, 1.165) is 44.6 Å². The van der Waals surface area contributed by atoms with E-state index >= 15 is 0 Å². The minimum absolute atomic E-state index is 0.0284. The molecule has 1 aliphatic carbocycles. The fourth-order valence-electron chi connectivity index (χ4n) is 4.21. The molecule has 2 fully saturated rings. The van der Waals surface area contributed by atoms with Crippen molar-refractivity contribution < 1.29 is 22.8 Å². The molecule has 1 aliphatic heterocycles. The molecule has 1 unspecified atom stereocenters. The molecule has 1 aromatic carbocycles. The van der Waals surface area contributed by atoms with E-state index in [-0.39, 0.29) is 30.1 Å². The van der Waals surface area contributed by atoms with Crippen LogP contribution in [0.15, 0.2) is 24.3 Å².